The van der Waals surface area contributed by atoms with Crippen molar-refractivity contribution in [3.05, 3.63) is 0 Å². The van der Waals surface area contributed by atoms with Gasteiger partial charge in [-0.1, -0.05) is 0 Å². The van der Waals surface area contributed by atoms with Gasteiger partial charge < -0.3 is 4.74 Å². The molecule has 0 aliphatic heterocycles. The van der Waals surface area contributed by atoms with E-state index in [-0.39, 0.29) is 11.3 Å². The number of rotatable bonds is 5. The van der Waals surface area contributed by atoms with Gasteiger partial charge in [-0.15, -0.1) is 23.2 Å². The molecule has 0 fully saturated rings. The third kappa shape index (κ3) is 6.45. The molecule has 1 atom stereocenters. The van der Waals surface area contributed by atoms with Crippen LogP contribution in [0.5, 0.6) is 0 Å². The maximum Gasteiger partial charge on any atom is 0.305 e. The van der Waals surface area contributed by atoms with Gasteiger partial charge in [0, 0.05) is 17.7 Å². The van der Waals surface area contributed by atoms with Crippen molar-refractivity contribution in [2.45, 2.75) is 24.6 Å². The highest BCUT2D eigenvalue weighted by Gasteiger charge is 2.07. The standard InChI is InChI=1S/C7H12Cl2O2/c1-11-7(10)3-2-6(9)4-5-8/h6H,2-5H2,1H3. The van der Waals surface area contributed by atoms with Crippen molar-refractivity contribution in [1.82, 2.24) is 0 Å². The zero-order chi connectivity index (χ0) is 8.69. The van der Waals surface area contributed by atoms with Crippen LogP contribution in [0.4, 0.5) is 0 Å². The average molecular weight is 199 g/mol. The first kappa shape index (κ1) is 11.1. The van der Waals surface area contributed by atoms with Gasteiger partial charge in [0.1, 0.15) is 0 Å². The molecular formula is C7H12Cl2O2. The van der Waals surface area contributed by atoms with Gasteiger partial charge in [0.05, 0.1) is 7.11 Å². The Morgan fingerprint density at radius 3 is 2.64 bits per heavy atom. The SMILES string of the molecule is COC(=O)CCC(Cl)CCCl. The fraction of sp³-hybridized carbons (Fsp3) is 0.857. The van der Waals surface area contributed by atoms with Crippen LogP contribution >= 0.6 is 23.2 Å². The molecular weight excluding hydrogens is 187 g/mol. The molecule has 0 saturated carbocycles. The summed E-state index contributed by atoms with van der Waals surface area (Å²) in [5.74, 6) is 0.320. The lowest BCUT2D eigenvalue weighted by Crippen LogP contribution is -2.06. The topological polar surface area (TPSA) is 26.3 Å². The Labute approximate surface area is 76.8 Å². The Hall–Kier alpha value is 0.0500. The highest BCUT2D eigenvalue weighted by molar-refractivity contribution is 6.22. The predicted molar refractivity (Wildman–Crippen MR) is 46.2 cm³/mol. The third-order valence-corrected chi connectivity index (χ3v) is 1.97. The normalized spacial score (nSPS) is 12.6. The van der Waals surface area contributed by atoms with Gasteiger partial charge in [0.2, 0.25) is 0 Å². The first-order chi connectivity index (χ1) is 5.20. The van der Waals surface area contributed by atoms with Gasteiger partial charge in [0.15, 0.2) is 0 Å². The molecule has 66 valence electrons. The van der Waals surface area contributed by atoms with Crippen LogP contribution in [0.3, 0.4) is 0 Å². The number of methoxy groups -OCH3 is 1. The highest BCUT2D eigenvalue weighted by Crippen LogP contribution is 2.10. The number of carbonyl (C=O) groups is 1. The van der Waals surface area contributed by atoms with Crippen LogP contribution in [-0.4, -0.2) is 24.3 Å². The first-order valence-corrected chi connectivity index (χ1v) is 4.44. The van der Waals surface area contributed by atoms with E-state index in [4.69, 9.17) is 23.2 Å². The molecule has 0 N–H and O–H groups in total. The molecule has 0 aromatic carbocycles. The molecule has 0 aliphatic carbocycles. The molecule has 0 aromatic heterocycles. The molecule has 1 unspecified atom stereocenters. The van der Waals surface area contributed by atoms with E-state index < -0.39 is 0 Å². The molecule has 0 aromatic rings. The summed E-state index contributed by atoms with van der Waals surface area (Å²) in [6, 6.07) is 0. The number of ether oxygens (including phenoxy) is 1. The number of alkyl halides is 2. The summed E-state index contributed by atoms with van der Waals surface area (Å²) in [5, 5.41) is -0.00778. The Morgan fingerprint density at radius 2 is 2.18 bits per heavy atom. The Bertz CT molecular complexity index is 117. The van der Waals surface area contributed by atoms with Crippen molar-refractivity contribution >= 4 is 29.2 Å². The summed E-state index contributed by atoms with van der Waals surface area (Å²) in [4.78, 5) is 10.6. The second kappa shape index (κ2) is 6.74. The van der Waals surface area contributed by atoms with E-state index >= 15 is 0 Å². The zero-order valence-electron chi connectivity index (χ0n) is 6.48. The summed E-state index contributed by atoms with van der Waals surface area (Å²) >= 11 is 11.2. The van der Waals surface area contributed by atoms with Crippen LogP contribution < -0.4 is 0 Å². The van der Waals surface area contributed by atoms with Crippen LogP contribution in [0.25, 0.3) is 0 Å². The molecule has 0 heterocycles. The van der Waals surface area contributed by atoms with E-state index in [2.05, 4.69) is 4.74 Å². The molecule has 2 nitrogen and oxygen atoms in total. The fourth-order valence-corrected chi connectivity index (χ4v) is 1.23. The van der Waals surface area contributed by atoms with E-state index in [1.807, 2.05) is 0 Å². The first-order valence-electron chi connectivity index (χ1n) is 3.47. The molecule has 11 heavy (non-hydrogen) atoms. The van der Waals surface area contributed by atoms with Gasteiger partial charge in [-0.25, -0.2) is 0 Å². The van der Waals surface area contributed by atoms with Crippen molar-refractivity contribution in [3.63, 3.8) is 0 Å². The maximum absolute atomic E-state index is 10.6. The van der Waals surface area contributed by atoms with Crippen molar-refractivity contribution in [2.75, 3.05) is 13.0 Å². The van der Waals surface area contributed by atoms with E-state index in [0.717, 1.165) is 6.42 Å². The minimum atomic E-state index is -0.217. The lowest BCUT2D eigenvalue weighted by Gasteiger charge is -2.04. The second-order valence-corrected chi connectivity index (χ2v) is 3.18. The van der Waals surface area contributed by atoms with Gasteiger partial charge in [-0.2, -0.15) is 0 Å². The maximum atomic E-state index is 10.6. The van der Waals surface area contributed by atoms with Crippen LogP contribution in [-0.2, 0) is 9.53 Å². The number of hydrogen-bond donors (Lipinski definition) is 0. The fourth-order valence-electron chi connectivity index (χ4n) is 0.639. The van der Waals surface area contributed by atoms with E-state index in [0.29, 0.717) is 18.7 Å². The van der Waals surface area contributed by atoms with Gasteiger partial charge in [0.25, 0.3) is 0 Å². The minimum absolute atomic E-state index is 0.00778. The van der Waals surface area contributed by atoms with Crippen molar-refractivity contribution in [3.8, 4) is 0 Å². The third-order valence-electron chi connectivity index (χ3n) is 1.31. The van der Waals surface area contributed by atoms with Gasteiger partial charge >= 0.3 is 5.97 Å². The number of hydrogen-bond acceptors (Lipinski definition) is 2. The van der Waals surface area contributed by atoms with Crippen LogP contribution in [0, 0.1) is 0 Å². The largest absolute Gasteiger partial charge is 0.469 e. The van der Waals surface area contributed by atoms with E-state index in [9.17, 15) is 4.79 Å². The monoisotopic (exact) mass is 198 g/mol. The molecule has 0 radical (unpaired) electrons. The molecule has 0 saturated heterocycles. The number of halogens is 2. The molecule has 0 bridgehead atoms. The van der Waals surface area contributed by atoms with Crippen LogP contribution in [0.15, 0.2) is 0 Å². The predicted octanol–water partition coefficient (Wildman–Crippen LogP) is 2.18. The summed E-state index contributed by atoms with van der Waals surface area (Å²) < 4.78 is 4.45. The summed E-state index contributed by atoms with van der Waals surface area (Å²) in [5.41, 5.74) is 0. The Balaban J connectivity index is 3.29. The Morgan fingerprint density at radius 1 is 1.55 bits per heavy atom. The molecule has 0 amide bonds. The second-order valence-electron chi connectivity index (χ2n) is 2.19. The van der Waals surface area contributed by atoms with E-state index in [1.54, 1.807) is 0 Å². The van der Waals surface area contributed by atoms with Crippen LogP contribution in [0.1, 0.15) is 19.3 Å². The summed E-state index contributed by atoms with van der Waals surface area (Å²) in [7, 11) is 1.37. The summed E-state index contributed by atoms with van der Waals surface area (Å²) in [6.07, 6.45) is 1.75. The minimum Gasteiger partial charge on any atom is -0.469 e. The van der Waals surface area contributed by atoms with Gasteiger partial charge in [-0.3, -0.25) is 4.79 Å². The van der Waals surface area contributed by atoms with Crippen molar-refractivity contribution < 1.29 is 9.53 Å². The number of esters is 1. The average Bonchev–Trinajstić information content (AvgIpc) is 2.01. The molecule has 0 spiro atoms. The lowest BCUT2D eigenvalue weighted by molar-refractivity contribution is -0.140. The smallest absolute Gasteiger partial charge is 0.305 e. The molecule has 4 heteroatoms. The van der Waals surface area contributed by atoms with Gasteiger partial charge in [-0.05, 0) is 12.8 Å². The highest BCUT2D eigenvalue weighted by atomic mass is 35.5. The van der Waals surface area contributed by atoms with Crippen molar-refractivity contribution in [2.24, 2.45) is 0 Å². The molecule has 0 rings (SSSR count). The quantitative estimate of drug-likeness (QED) is 0.501. The summed E-state index contributed by atoms with van der Waals surface area (Å²) in [6.45, 7) is 0. The van der Waals surface area contributed by atoms with E-state index in [1.165, 1.54) is 7.11 Å². The van der Waals surface area contributed by atoms with Crippen LogP contribution in [0.2, 0.25) is 0 Å². The number of carbonyl (C=O) groups excluding carboxylic acids is 1. The van der Waals surface area contributed by atoms with Crippen molar-refractivity contribution in [1.29, 1.82) is 0 Å². The molecule has 0 aliphatic rings. The zero-order valence-corrected chi connectivity index (χ0v) is 7.99. The lowest BCUT2D eigenvalue weighted by atomic mass is 10.2. The Kier molecular flexibility index (Phi) is 6.77.